The Kier molecular flexibility index (Phi) is 5.80. The Labute approximate surface area is 159 Å². The van der Waals surface area contributed by atoms with Crippen molar-refractivity contribution in [2.75, 3.05) is 14.2 Å². The van der Waals surface area contributed by atoms with E-state index in [1.165, 1.54) is 13.2 Å². The fraction of sp³-hybridized carbons (Fsp3) is 0.409. The Hall–Kier alpha value is -2.40. The van der Waals surface area contributed by atoms with E-state index in [4.69, 9.17) is 9.47 Å². The van der Waals surface area contributed by atoms with Gasteiger partial charge in [0, 0.05) is 24.2 Å². The molecule has 2 aromatic rings. The smallest absolute Gasteiger partial charge is 0.337 e. The van der Waals surface area contributed by atoms with E-state index in [1.807, 2.05) is 6.07 Å². The first-order valence-corrected chi connectivity index (χ1v) is 9.25. The first kappa shape index (κ1) is 19.4. The van der Waals surface area contributed by atoms with Crippen LogP contribution >= 0.6 is 0 Å². The molecule has 5 heteroatoms. The number of nitrogens with zero attached hydrogens (tertiary/aromatic N) is 1. The molecule has 0 bridgehead atoms. The summed E-state index contributed by atoms with van der Waals surface area (Å²) in [4.78, 5) is 14.4. The van der Waals surface area contributed by atoms with Crippen molar-refractivity contribution in [2.24, 2.45) is 0 Å². The van der Waals surface area contributed by atoms with Crippen molar-refractivity contribution >= 4 is 5.97 Å². The number of halogens is 1. The molecule has 3 rings (SSSR count). The van der Waals surface area contributed by atoms with E-state index in [2.05, 4.69) is 18.7 Å². The van der Waals surface area contributed by atoms with Crippen molar-refractivity contribution in [3.05, 3.63) is 53.3 Å². The predicted octanol–water partition coefficient (Wildman–Crippen LogP) is 4.66. The molecule has 1 saturated heterocycles. The lowest BCUT2D eigenvalue weighted by molar-refractivity contribution is 0.0600. The van der Waals surface area contributed by atoms with E-state index in [0.29, 0.717) is 35.5 Å². The zero-order valence-electron chi connectivity index (χ0n) is 16.3. The van der Waals surface area contributed by atoms with Gasteiger partial charge in [-0.05, 0) is 68.1 Å². The van der Waals surface area contributed by atoms with Crippen molar-refractivity contribution in [1.29, 1.82) is 0 Å². The van der Waals surface area contributed by atoms with Crippen molar-refractivity contribution < 1.29 is 18.7 Å². The number of carbonyl (C=O) groups is 1. The second kappa shape index (κ2) is 8.09. The molecule has 0 spiro atoms. The molecule has 0 saturated carbocycles. The lowest BCUT2D eigenvalue weighted by atomic mass is 9.96. The number of esters is 1. The van der Waals surface area contributed by atoms with Crippen LogP contribution < -0.4 is 4.74 Å². The highest BCUT2D eigenvalue weighted by Crippen LogP contribution is 2.33. The van der Waals surface area contributed by atoms with Gasteiger partial charge in [0.2, 0.25) is 0 Å². The molecule has 144 valence electrons. The summed E-state index contributed by atoms with van der Waals surface area (Å²) < 4.78 is 24.7. The van der Waals surface area contributed by atoms with Crippen LogP contribution in [-0.2, 0) is 11.3 Å². The second-order valence-electron chi connectivity index (χ2n) is 7.16. The van der Waals surface area contributed by atoms with Crippen LogP contribution in [0.4, 0.5) is 4.39 Å². The first-order chi connectivity index (χ1) is 12.9. The number of hydrogen-bond acceptors (Lipinski definition) is 4. The Balaban J connectivity index is 2.09. The maximum Gasteiger partial charge on any atom is 0.337 e. The number of hydrogen-bond donors (Lipinski definition) is 0. The number of benzene rings is 2. The molecule has 0 N–H and O–H groups in total. The Bertz CT molecular complexity index is 826. The van der Waals surface area contributed by atoms with E-state index in [0.717, 1.165) is 24.0 Å². The van der Waals surface area contributed by atoms with Gasteiger partial charge in [0.25, 0.3) is 0 Å². The van der Waals surface area contributed by atoms with Gasteiger partial charge in [0.15, 0.2) is 0 Å². The van der Waals surface area contributed by atoms with Gasteiger partial charge in [-0.2, -0.15) is 0 Å². The normalized spacial score (nSPS) is 19.9. The number of rotatable bonds is 5. The van der Waals surface area contributed by atoms with Crippen molar-refractivity contribution in [2.45, 2.75) is 45.3 Å². The highest BCUT2D eigenvalue weighted by atomic mass is 19.1. The zero-order valence-corrected chi connectivity index (χ0v) is 16.3. The minimum Gasteiger partial charge on any atom is -0.497 e. The molecule has 0 amide bonds. The summed E-state index contributed by atoms with van der Waals surface area (Å²) in [6, 6.07) is 10.9. The molecule has 1 aliphatic heterocycles. The lowest BCUT2D eigenvalue weighted by Crippen LogP contribution is -2.32. The van der Waals surface area contributed by atoms with Crippen molar-refractivity contribution in [1.82, 2.24) is 4.90 Å². The quantitative estimate of drug-likeness (QED) is 0.717. The van der Waals surface area contributed by atoms with Crippen LogP contribution in [0.1, 0.15) is 42.6 Å². The third-order valence-electron chi connectivity index (χ3n) is 5.48. The van der Waals surface area contributed by atoms with Gasteiger partial charge in [0.1, 0.15) is 11.6 Å². The largest absolute Gasteiger partial charge is 0.497 e. The fourth-order valence-corrected chi connectivity index (χ4v) is 3.83. The second-order valence-corrected chi connectivity index (χ2v) is 7.16. The summed E-state index contributed by atoms with van der Waals surface area (Å²) in [5.41, 5.74) is 2.62. The van der Waals surface area contributed by atoms with Crippen LogP contribution in [0.5, 0.6) is 5.75 Å². The average Bonchev–Trinajstić information content (AvgIpc) is 3.00. The summed E-state index contributed by atoms with van der Waals surface area (Å²) >= 11 is 0. The van der Waals surface area contributed by atoms with Crippen LogP contribution in [0.2, 0.25) is 0 Å². The van der Waals surface area contributed by atoms with Gasteiger partial charge in [-0.3, -0.25) is 4.90 Å². The average molecular weight is 371 g/mol. The van der Waals surface area contributed by atoms with Crippen LogP contribution in [0, 0.1) is 5.82 Å². The van der Waals surface area contributed by atoms with Gasteiger partial charge < -0.3 is 9.47 Å². The number of methoxy groups -OCH3 is 2. The van der Waals surface area contributed by atoms with E-state index in [9.17, 15) is 9.18 Å². The molecule has 1 aliphatic rings. The highest BCUT2D eigenvalue weighted by molar-refractivity contribution is 5.90. The molecule has 2 atom stereocenters. The van der Waals surface area contributed by atoms with Crippen LogP contribution in [0.25, 0.3) is 11.1 Å². The highest BCUT2D eigenvalue weighted by Gasteiger charge is 2.28. The molecule has 1 fully saturated rings. The third kappa shape index (κ3) is 3.98. The van der Waals surface area contributed by atoms with Gasteiger partial charge in [-0.1, -0.05) is 6.07 Å². The molecule has 0 aromatic heterocycles. The maximum atomic E-state index is 14.6. The summed E-state index contributed by atoms with van der Waals surface area (Å²) in [7, 11) is 2.92. The minimum atomic E-state index is -0.392. The van der Waals surface area contributed by atoms with Crippen molar-refractivity contribution in [3.8, 4) is 16.9 Å². The van der Waals surface area contributed by atoms with Crippen LogP contribution in [0.15, 0.2) is 36.4 Å². The van der Waals surface area contributed by atoms with Gasteiger partial charge in [-0.15, -0.1) is 0 Å². The monoisotopic (exact) mass is 371 g/mol. The first-order valence-electron chi connectivity index (χ1n) is 9.25. The molecule has 1 heterocycles. The molecule has 2 aromatic carbocycles. The number of ether oxygens (including phenoxy) is 2. The molecule has 0 unspecified atom stereocenters. The van der Waals surface area contributed by atoms with Crippen LogP contribution in [-0.4, -0.2) is 37.2 Å². The maximum absolute atomic E-state index is 14.6. The van der Waals surface area contributed by atoms with Crippen molar-refractivity contribution in [3.63, 3.8) is 0 Å². The van der Waals surface area contributed by atoms with Gasteiger partial charge in [0.05, 0.1) is 19.8 Å². The summed E-state index contributed by atoms with van der Waals surface area (Å²) in [5.74, 6) is -0.112. The van der Waals surface area contributed by atoms with Gasteiger partial charge in [-0.25, -0.2) is 9.18 Å². The fourth-order valence-electron chi connectivity index (χ4n) is 3.83. The van der Waals surface area contributed by atoms with E-state index in [-0.39, 0.29) is 5.82 Å². The Morgan fingerprint density at radius 2 is 1.78 bits per heavy atom. The number of carbonyl (C=O) groups excluding carboxylic acids is 1. The molecule has 27 heavy (non-hydrogen) atoms. The summed E-state index contributed by atoms with van der Waals surface area (Å²) in [6.45, 7) is 5.07. The summed E-state index contributed by atoms with van der Waals surface area (Å²) in [6.07, 6.45) is 2.28. The zero-order chi connectivity index (χ0) is 19.6. The SMILES string of the molecule is COC(=O)c1ccc(-c2cc(OC)ccc2F)c(CN2[C@H](C)CC[C@H]2C)c1. The molecule has 4 nitrogen and oxygen atoms in total. The van der Waals surface area contributed by atoms with Crippen LogP contribution in [0.3, 0.4) is 0 Å². The lowest BCUT2D eigenvalue weighted by Gasteiger charge is -2.27. The third-order valence-corrected chi connectivity index (χ3v) is 5.48. The number of likely N-dealkylation sites (tertiary alicyclic amines) is 1. The van der Waals surface area contributed by atoms with E-state index in [1.54, 1.807) is 31.4 Å². The molecular weight excluding hydrogens is 345 g/mol. The van der Waals surface area contributed by atoms with E-state index < -0.39 is 5.97 Å². The topological polar surface area (TPSA) is 38.8 Å². The van der Waals surface area contributed by atoms with Gasteiger partial charge >= 0.3 is 5.97 Å². The Morgan fingerprint density at radius 1 is 1.07 bits per heavy atom. The summed E-state index contributed by atoms with van der Waals surface area (Å²) in [5, 5.41) is 0. The Morgan fingerprint density at radius 3 is 2.41 bits per heavy atom. The molecule has 0 radical (unpaired) electrons. The van der Waals surface area contributed by atoms with E-state index >= 15 is 0 Å². The predicted molar refractivity (Wildman–Crippen MR) is 103 cm³/mol. The molecule has 0 aliphatic carbocycles. The standard InChI is InChI=1S/C22H26FNO3/c1-14-5-6-15(2)24(14)13-17-11-16(22(25)27-4)7-9-19(17)20-12-18(26-3)8-10-21(20)23/h7-12,14-15H,5-6,13H2,1-4H3/t14-,15-/m1/s1. The minimum absolute atomic E-state index is 0.314. The molecular formula is C22H26FNO3.